The Balaban J connectivity index is 1.99. The van der Waals surface area contributed by atoms with Crippen LogP contribution < -0.4 is 15.2 Å². The second-order valence-corrected chi connectivity index (χ2v) is 6.54. The summed E-state index contributed by atoms with van der Waals surface area (Å²) in [5.74, 6) is 0.915. The number of methoxy groups -OCH3 is 1. The summed E-state index contributed by atoms with van der Waals surface area (Å²) >= 11 is 0. The molecule has 0 unspecified atom stereocenters. The van der Waals surface area contributed by atoms with E-state index in [-0.39, 0.29) is 17.4 Å². The molecule has 28 heavy (non-hydrogen) atoms. The number of nitriles is 1. The minimum atomic E-state index is -0.321. The third-order valence-electron chi connectivity index (χ3n) is 4.74. The van der Waals surface area contributed by atoms with Gasteiger partial charge in [0.05, 0.1) is 12.7 Å². The molecule has 0 aliphatic carbocycles. The van der Waals surface area contributed by atoms with Crippen LogP contribution in [0.1, 0.15) is 18.4 Å². The van der Waals surface area contributed by atoms with Crippen LogP contribution in [0, 0.1) is 23.3 Å². The molecule has 0 spiro atoms. The van der Waals surface area contributed by atoms with E-state index < -0.39 is 0 Å². The standard InChI is InChI=1S/C21H22FN3O3/c1-26-19-11-16(15-2-4-17(22)5-3-15)10-18(20(19)28-13-23)21(24)25-12-14-6-8-27-9-7-14/h2-5,10-11,14H,6-9,12H2,1H3,(H2,24,25). The van der Waals surface area contributed by atoms with Gasteiger partial charge in [0.15, 0.2) is 11.5 Å². The lowest BCUT2D eigenvalue weighted by molar-refractivity contribution is 0.0689. The molecule has 2 aromatic carbocycles. The number of amidine groups is 1. The molecule has 1 aliphatic heterocycles. The zero-order valence-corrected chi connectivity index (χ0v) is 15.7. The second-order valence-electron chi connectivity index (χ2n) is 6.54. The van der Waals surface area contributed by atoms with Crippen LogP contribution in [0.15, 0.2) is 41.4 Å². The molecule has 1 saturated heterocycles. The van der Waals surface area contributed by atoms with Crippen molar-refractivity contribution in [2.45, 2.75) is 12.8 Å². The van der Waals surface area contributed by atoms with E-state index in [1.165, 1.54) is 19.2 Å². The van der Waals surface area contributed by atoms with Crippen LogP contribution in [-0.4, -0.2) is 32.7 Å². The maximum atomic E-state index is 13.3. The summed E-state index contributed by atoms with van der Waals surface area (Å²) in [5, 5.41) is 9.03. The van der Waals surface area contributed by atoms with Crippen molar-refractivity contribution in [3.8, 4) is 28.9 Å². The van der Waals surface area contributed by atoms with E-state index in [0.29, 0.717) is 23.8 Å². The monoisotopic (exact) mass is 383 g/mol. The smallest absolute Gasteiger partial charge is 0.292 e. The summed E-state index contributed by atoms with van der Waals surface area (Å²) in [6, 6.07) is 9.57. The fourth-order valence-corrected chi connectivity index (χ4v) is 3.15. The summed E-state index contributed by atoms with van der Waals surface area (Å²) in [7, 11) is 1.48. The highest BCUT2D eigenvalue weighted by atomic mass is 19.1. The molecule has 2 aromatic rings. The molecule has 1 fully saturated rings. The lowest BCUT2D eigenvalue weighted by Crippen LogP contribution is -2.21. The van der Waals surface area contributed by atoms with Crippen molar-refractivity contribution in [2.75, 3.05) is 26.9 Å². The van der Waals surface area contributed by atoms with Gasteiger partial charge in [0.25, 0.3) is 6.26 Å². The van der Waals surface area contributed by atoms with E-state index in [0.717, 1.165) is 37.2 Å². The second kappa shape index (κ2) is 9.20. The zero-order valence-electron chi connectivity index (χ0n) is 15.7. The van der Waals surface area contributed by atoms with Gasteiger partial charge in [-0.15, -0.1) is 5.26 Å². The molecule has 1 heterocycles. The van der Waals surface area contributed by atoms with Crippen molar-refractivity contribution < 1.29 is 18.6 Å². The van der Waals surface area contributed by atoms with Crippen molar-refractivity contribution in [1.29, 1.82) is 5.26 Å². The Morgan fingerprint density at radius 1 is 1.25 bits per heavy atom. The number of rotatable bonds is 6. The summed E-state index contributed by atoms with van der Waals surface area (Å²) in [4.78, 5) is 4.52. The fourth-order valence-electron chi connectivity index (χ4n) is 3.15. The van der Waals surface area contributed by atoms with Crippen molar-refractivity contribution in [2.24, 2.45) is 16.6 Å². The molecule has 0 radical (unpaired) electrons. The molecular formula is C21H22FN3O3. The lowest BCUT2D eigenvalue weighted by atomic mass is 10.00. The van der Waals surface area contributed by atoms with Crippen molar-refractivity contribution in [3.05, 3.63) is 47.8 Å². The number of nitrogens with zero attached hydrogens (tertiary/aromatic N) is 2. The summed E-state index contributed by atoms with van der Waals surface area (Å²) in [6.07, 6.45) is 3.55. The predicted molar refractivity (Wildman–Crippen MR) is 104 cm³/mol. The molecule has 0 amide bonds. The van der Waals surface area contributed by atoms with Crippen LogP contribution >= 0.6 is 0 Å². The number of nitrogens with two attached hydrogens (primary N) is 1. The molecule has 1 aliphatic rings. The van der Waals surface area contributed by atoms with Gasteiger partial charge in [-0.1, -0.05) is 12.1 Å². The maximum Gasteiger partial charge on any atom is 0.292 e. The normalized spacial score (nSPS) is 15.1. The molecule has 6 nitrogen and oxygen atoms in total. The zero-order chi connectivity index (χ0) is 19.9. The Hall–Kier alpha value is -3.11. The summed E-state index contributed by atoms with van der Waals surface area (Å²) < 4.78 is 29.1. The predicted octanol–water partition coefficient (Wildman–Crippen LogP) is 3.49. The van der Waals surface area contributed by atoms with Crippen LogP contribution in [0.3, 0.4) is 0 Å². The number of benzene rings is 2. The van der Waals surface area contributed by atoms with Gasteiger partial charge in [-0.05, 0) is 54.2 Å². The number of hydrogen-bond acceptors (Lipinski definition) is 5. The van der Waals surface area contributed by atoms with E-state index in [4.69, 9.17) is 25.2 Å². The third kappa shape index (κ3) is 4.59. The van der Waals surface area contributed by atoms with Crippen LogP contribution in [0.4, 0.5) is 4.39 Å². The van der Waals surface area contributed by atoms with Gasteiger partial charge in [0.2, 0.25) is 0 Å². The summed E-state index contributed by atoms with van der Waals surface area (Å²) in [6.45, 7) is 2.04. The number of hydrogen-bond donors (Lipinski definition) is 1. The van der Waals surface area contributed by atoms with Crippen molar-refractivity contribution >= 4 is 5.84 Å². The van der Waals surface area contributed by atoms with Gasteiger partial charge in [-0.25, -0.2) is 4.39 Å². The Kier molecular flexibility index (Phi) is 6.45. The van der Waals surface area contributed by atoms with E-state index in [9.17, 15) is 4.39 Å². The minimum absolute atomic E-state index is 0.212. The first-order chi connectivity index (χ1) is 13.6. The van der Waals surface area contributed by atoms with Gasteiger partial charge >= 0.3 is 0 Å². The van der Waals surface area contributed by atoms with E-state index in [1.54, 1.807) is 30.5 Å². The number of ether oxygens (including phenoxy) is 3. The van der Waals surface area contributed by atoms with E-state index in [2.05, 4.69) is 4.99 Å². The topological polar surface area (TPSA) is 89.9 Å². The van der Waals surface area contributed by atoms with Crippen molar-refractivity contribution in [3.63, 3.8) is 0 Å². The Morgan fingerprint density at radius 2 is 1.96 bits per heavy atom. The SMILES string of the molecule is COc1cc(-c2ccc(F)cc2)cc(C(N)=NCC2CCOCC2)c1OC#N. The Morgan fingerprint density at radius 3 is 2.61 bits per heavy atom. The molecule has 0 saturated carbocycles. The third-order valence-corrected chi connectivity index (χ3v) is 4.74. The average Bonchev–Trinajstić information content (AvgIpc) is 2.73. The number of halogens is 1. The Bertz CT molecular complexity index is 885. The summed E-state index contributed by atoms with van der Waals surface area (Å²) in [5.41, 5.74) is 8.25. The first-order valence-electron chi connectivity index (χ1n) is 9.04. The van der Waals surface area contributed by atoms with Gasteiger partial charge in [-0.3, -0.25) is 4.99 Å². The highest BCUT2D eigenvalue weighted by Crippen LogP contribution is 2.36. The molecule has 3 rings (SSSR count). The van der Waals surface area contributed by atoms with Crippen LogP contribution in [0.2, 0.25) is 0 Å². The molecule has 2 N–H and O–H groups in total. The average molecular weight is 383 g/mol. The van der Waals surface area contributed by atoms with Gasteiger partial charge in [0, 0.05) is 19.8 Å². The fraction of sp³-hybridized carbons (Fsp3) is 0.333. The van der Waals surface area contributed by atoms with Crippen LogP contribution in [-0.2, 0) is 4.74 Å². The van der Waals surface area contributed by atoms with Crippen LogP contribution in [0.25, 0.3) is 11.1 Å². The first kappa shape index (κ1) is 19.6. The quantitative estimate of drug-likeness (QED) is 0.468. The molecule has 0 atom stereocenters. The molecule has 0 bridgehead atoms. The molecule has 0 aromatic heterocycles. The largest absolute Gasteiger partial charge is 0.493 e. The first-order valence-corrected chi connectivity index (χ1v) is 9.04. The van der Waals surface area contributed by atoms with E-state index in [1.807, 2.05) is 0 Å². The molecule has 146 valence electrons. The maximum absolute atomic E-state index is 13.3. The van der Waals surface area contributed by atoms with E-state index >= 15 is 0 Å². The van der Waals surface area contributed by atoms with Crippen molar-refractivity contribution in [1.82, 2.24) is 0 Å². The van der Waals surface area contributed by atoms with Crippen LogP contribution in [0.5, 0.6) is 11.5 Å². The van der Waals surface area contributed by atoms with Gasteiger partial charge in [-0.2, -0.15) is 0 Å². The minimum Gasteiger partial charge on any atom is -0.493 e. The lowest BCUT2D eigenvalue weighted by Gasteiger charge is -2.20. The van der Waals surface area contributed by atoms with Gasteiger partial charge in [0.1, 0.15) is 11.7 Å². The number of aliphatic imine (C=N–C) groups is 1. The molecule has 7 heteroatoms. The van der Waals surface area contributed by atoms with Gasteiger partial charge < -0.3 is 19.9 Å². The molecular weight excluding hydrogens is 361 g/mol. The highest BCUT2D eigenvalue weighted by Gasteiger charge is 2.19. The Labute approximate surface area is 163 Å². The highest BCUT2D eigenvalue weighted by molar-refractivity contribution is 6.02.